The molecule has 5 heteroatoms. The van der Waals surface area contributed by atoms with E-state index in [-0.39, 0.29) is 0 Å². The van der Waals surface area contributed by atoms with Gasteiger partial charge in [-0.15, -0.1) is 10.2 Å². The van der Waals surface area contributed by atoms with E-state index in [0.717, 1.165) is 17.4 Å². The van der Waals surface area contributed by atoms with Crippen LogP contribution in [0.2, 0.25) is 0 Å². The molecule has 0 amide bonds. The molecule has 0 saturated carbocycles. The maximum atomic E-state index is 5.49. The summed E-state index contributed by atoms with van der Waals surface area (Å²) >= 11 is 1.62. The summed E-state index contributed by atoms with van der Waals surface area (Å²) in [7, 11) is 0. The number of nitrogens with zero attached hydrogens (tertiary/aromatic N) is 3. The van der Waals surface area contributed by atoms with Crippen molar-refractivity contribution in [3.8, 4) is 0 Å². The van der Waals surface area contributed by atoms with Gasteiger partial charge in [0.25, 0.3) is 0 Å². The minimum atomic E-state index is 0.402. The van der Waals surface area contributed by atoms with Crippen molar-refractivity contribution < 1.29 is 0 Å². The molecule has 0 aliphatic carbocycles. The van der Waals surface area contributed by atoms with Gasteiger partial charge < -0.3 is 10.3 Å². The molecule has 13 heavy (non-hydrogen) atoms. The Hall–Kier alpha value is -0.550. The quantitative estimate of drug-likeness (QED) is 0.739. The van der Waals surface area contributed by atoms with Gasteiger partial charge in [0.05, 0.1) is 0 Å². The SMILES string of the molecule is CSc1nnc(CCN)n1C(C)C. The Kier molecular flexibility index (Phi) is 3.74. The van der Waals surface area contributed by atoms with Crippen LogP contribution in [0.4, 0.5) is 0 Å². The largest absolute Gasteiger partial charge is 0.330 e. The molecule has 0 bridgehead atoms. The van der Waals surface area contributed by atoms with E-state index in [1.54, 1.807) is 11.8 Å². The Labute approximate surface area is 82.9 Å². The van der Waals surface area contributed by atoms with Gasteiger partial charge in [-0.3, -0.25) is 0 Å². The lowest BCUT2D eigenvalue weighted by atomic mass is 10.3. The molecule has 2 N–H and O–H groups in total. The monoisotopic (exact) mass is 200 g/mol. The summed E-state index contributed by atoms with van der Waals surface area (Å²) in [5, 5.41) is 9.18. The van der Waals surface area contributed by atoms with Gasteiger partial charge in [-0.2, -0.15) is 0 Å². The van der Waals surface area contributed by atoms with E-state index in [9.17, 15) is 0 Å². The van der Waals surface area contributed by atoms with Gasteiger partial charge in [0, 0.05) is 12.5 Å². The summed E-state index contributed by atoms with van der Waals surface area (Å²) in [6, 6.07) is 0.402. The predicted octanol–water partition coefficient (Wildman–Crippen LogP) is 1.08. The molecule has 1 rings (SSSR count). The third-order valence-corrected chi connectivity index (χ3v) is 2.45. The summed E-state index contributed by atoms with van der Waals surface area (Å²) in [6.07, 6.45) is 2.81. The van der Waals surface area contributed by atoms with Crippen LogP contribution in [0.3, 0.4) is 0 Å². The van der Waals surface area contributed by atoms with Gasteiger partial charge in [-0.1, -0.05) is 11.8 Å². The van der Waals surface area contributed by atoms with Gasteiger partial charge in [0.15, 0.2) is 5.16 Å². The van der Waals surface area contributed by atoms with Crippen molar-refractivity contribution in [3.63, 3.8) is 0 Å². The summed E-state index contributed by atoms with van der Waals surface area (Å²) in [5.41, 5.74) is 5.49. The molecule has 0 aliphatic rings. The van der Waals surface area contributed by atoms with Gasteiger partial charge >= 0.3 is 0 Å². The lowest BCUT2D eigenvalue weighted by molar-refractivity contribution is 0.525. The normalized spacial score (nSPS) is 11.2. The highest BCUT2D eigenvalue weighted by atomic mass is 32.2. The van der Waals surface area contributed by atoms with Crippen LogP contribution in [0.15, 0.2) is 5.16 Å². The lowest BCUT2D eigenvalue weighted by Gasteiger charge is -2.11. The van der Waals surface area contributed by atoms with Crippen molar-refractivity contribution in [2.24, 2.45) is 5.73 Å². The molecule has 0 spiro atoms. The fraction of sp³-hybridized carbons (Fsp3) is 0.750. The van der Waals surface area contributed by atoms with Crippen molar-refractivity contribution in [3.05, 3.63) is 5.82 Å². The molecule has 0 fully saturated rings. The van der Waals surface area contributed by atoms with E-state index in [1.807, 2.05) is 6.26 Å². The molecule has 1 heterocycles. The molecule has 1 aromatic heterocycles. The molecule has 0 saturated heterocycles. The fourth-order valence-electron chi connectivity index (χ4n) is 1.26. The van der Waals surface area contributed by atoms with E-state index < -0.39 is 0 Å². The zero-order valence-electron chi connectivity index (χ0n) is 8.32. The summed E-state index contributed by atoms with van der Waals surface area (Å²) in [5.74, 6) is 0.988. The second-order valence-electron chi connectivity index (χ2n) is 3.11. The Balaban J connectivity index is 2.99. The zero-order valence-corrected chi connectivity index (χ0v) is 9.14. The van der Waals surface area contributed by atoms with Crippen molar-refractivity contribution >= 4 is 11.8 Å². The minimum absolute atomic E-state index is 0.402. The Morgan fingerprint density at radius 2 is 2.15 bits per heavy atom. The molecule has 4 nitrogen and oxygen atoms in total. The van der Waals surface area contributed by atoms with Crippen LogP contribution in [0.1, 0.15) is 25.7 Å². The van der Waals surface area contributed by atoms with E-state index in [0.29, 0.717) is 12.6 Å². The van der Waals surface area contributed by atoms with Crippen LogP contribution in [-0.2, 0) is 6.42 Å². The van der Waals surface area contributed by atoms with Gasteiger partial charge in [-0.25, -0.2) is 0 Å². The van der Waals surface area contributed by atoms with Crippen molar-refractivity contribution in [2.75, 3.05) is 12.8 Å². The number of hydrogen-bond donors (Lipinski definition) is 1. The summed E-state index contributed by atoms with van der Waals surface area (Å²) in [6.45, 7) is 4.88. The molecule has 0 radical (unpaired) electrons. The van der Waals surface area contributed by atoms with E-state index in [2.05, 4.69) is 28.6 Å². The van der Waals surface area contributed by atoms with Crippen molar-refractivity contribution in [1.29, 1.82) is 0 Å². The topological polar surface area (TPSA) is 56.7 Å². The van der Waals surface area contributed by atoms with Gasteiger partial charge in [0.1, 0.15) is 5.82 Å². The maximum absolute atomic E-state index is 5.49. The van der Waals surface area contributed by atoms with Crippen LogP contribution < -0.4 is 5.73 Å². The minimum Gasteiger partial charge on any atom is -0.330 e. The van der Waals surface area contributed by atoms with Gasteiger partial charge in [0.2, 0.25) is 0 Å². The third-order valence-electron chi connectivity index (χ3n) is 1.80. The van der Waals surface area contributed by atoms with Crippen LogP contribution in [0.25, 0.3) is 0 Å². The number of aromatic nitrogens is 3. The Bertz CT molecular complexity index is 269. The molecule has 74 valence electrons. The summed E-state index contributed by atoms with van der Waals surface area (Å²) in [4.78, 5) is 0. The lowest BCUT2D eigenvalue weighted by Crippen LogP contribution is -2.12. The first kappa shape index (κ1) is 10.5. The highest BCUT2D eigenvalue weighted by Crippen LogP contribution is 2.18. The third kappa shape index (κ3) is 2.22. The van der Waals surface area contributed by atoms with E-state index >= 15 is 0 Å². The second-order valence-corrected chi connectivity index (χ2v) is 3.88. The molecule has 0 aromatic carbocycles. The number of hydrogen-bond acceptors (Lipinski definition) is 4. The second kappa shape index (κ2) is 4.62. The Morgan fingerprint density at radius 3 is 2.62 bits per heavy atom. The molecule has 0 unspecified atom stereocenters. The van der Waals surface area contributed by atoms with Crippen LogP contribution >= 0.6 is 11.8 Å². The first-order valence-corrected chi connectivity index (χ1v) is 5.61. The van der Waals surface area contributed by atoms with Crippen LogP contribution in [-0.4, -0.2) is 27.6 Å². The first-order valence-electron chi connectivity index (χ1n) is 4.38. The molecular weight excluding hydrogens is 184 g/mol. The average molecular weight is 200 g/mol. The number of nitrogens with two attached hydrogens (primary N) is 1. The average Bonchev–Trinajstić information content (AvgIpc) is 2.48. The highest BCUT2D eigenvalue weighted by Gasteiger charge is 2.12. The zero-order chi connectivity index (χ0) is 9.84. The maximum Gasteiger partial charge on any atom is 0.191 e. The smallest absolute Gasteiger partial charge is 0.191 e. The number of rotatable bonds is 4. The molecular formula is C8H16N4S. The predicted molar refractivity (Wildman–Crippen MR) is 54.9 cm³/mol. The van der Waals surface area contributed by atoms with E-state index in [4.69, 9.17) is 5.73 Å². The van der Waals surface area contributed by atoms with Crippen LogP contribution in [0, 0.1) is 0 Å². The van der Waals surface area contributed by atoms with Crippen LogP contribution in [0.5, 0.6) is 0 Å². The highest BCUT2D eigenvalue weighted by molar-refractivity contribution is 7.98. The number of thioether (sulfide) groups is 1. The molecule has 0 atom stereocenters. The fourth-order valence-corrected chi connectivity index (χ4v) is 1.90. The van der Waals surface area contributed by atoms with Gasteiger partial charge in [-0.05, 0) is 26.6 Å². The first-order chi connectivity index (χ1) is 6.20. The Morgan fingerprint density at radius 1 is 1.46 bits per heavy atom. The van der Waals surface area contributed by atoms with Crippen molar-refractivity contribution in [2.45, 2.75) is 31.5 Å². The van der Waals surface area contributed by atoms with Crippen molar-refractivity contribution in [1.82, 2.24) is 14.8 Å². The molecule has 0 aliphatic heterocycles. The molecule has 1 aromatic rings. The summed E-state index contributed by atoms with van der Waals surface area (Å²) < 4.78 is 2.14. The standard InChI is InChI=1S/C8H16N4S/c1-6(2)12-7(4-5-9)10-11-8(12)13-3/h6H,4-5,9H2,1-3H3. The van der Waals surface area contributed by atoms with E-state index in [1.165, 1.54) is 0 Å².